The van der Waals surface area contributed by atoms with Gasteiger partial charge in [0, 0.05) is 32.7 Å². The molecule has 5 rings (SSSR count). The van der Waals surface area contributed by atoms with Gasteiger partial charge in [0.2, 0.25) is 0 Å². The van der Waals surface area contributed by atoms with E-state index in [-0.39, 0.29) is 5.91 Å². The molecule has 2 aromatic carbocycles. The van der Waals surface area contributed by atoms with Crippen LogP contribution in [0.25, 0.3) is 11.1 Å². The van der Waals surface area contributed by atoms with Crippen LogP contribution < -0.4 is 0 Å². The number of carbonyl (C=O) groups excluding carboxylic acids is 1. The number of nitrogens with zero attached hydrogens (tertiary/aromatic N) is 5. The monoisotopic (exact) mass is 431 g/mol. The Kier molecular flexibility index (Phi) is 6.27. The molecule has 7 nitrogen and oxygen atoms in total. The smallest absolute Gasteiger partial charge is 0.276 e. The molecule has 1 aromatic heterocycles. The number of benzene rings is 2. The SMILES string of the molecule is O=C(c1cn(C2CCN(Cc3ccc(-c4ccccc4)cc3)CC2)nn1)N1CCOCC1. The van der Waals surface area contributed by atoms with E-state index in [1.54, 1.807) is 4.90 Å². The van der Waals surface area contributed by atoms with Gasteiger partial charge in [0.25, 0.3) is 5.91 Å². The summed E-state index contributed by atoms with van der Waals surface area (Å²) in [6, 6.07) is 19.7. The molecule has 0 N–H and O–H groups in total. The minimum Gasteiger partial charge on any atom is -0.378 e. The number of aromatic nitrogens is 3. The molecule has 0 spiro atoms. The summed E-state index contributed by atoms with van der Waals surface area (Å²) in [5, 5.41) is 8.43. The number of morpholine rings is 1. The van der Waals surface area contributed by atoms with Crippen molar-refractivity contribution in [2.45, 2.75) is 25.4 Å². The first-order valence-corrected chi connectivity index (χ1v) is 11.4. The molecule has 1 amide bonds. The molecule has 2 aliphatic heterocycles. The summed E-state index contributed by atoms with van der Waals surface area (Å²) in [4.78, 5) is 16.9. The zero-order chi connectivity index (χ0) is 21.8. The van der Waals surface area contributed by atoms with Crippen molar-refractivity contribution in [3.8, 4) is 11.1 Å². The number of hydrogen-bond donors (Lipinski definition) is 0. The molecule has 0 bridgehead atoms. The van der Waals surface area contributed by atoms with Crippen molar-refractivity contribution in [2.75, 3.05) is 39.4 Å². The lowest BCUT2D eigenvalue weighted by Crippen LogP contribution is -2.40. The van der Waals surface area contributed by atoms with Crippen LogP contribution in [0.15, 0.2) is 60.8 Å². The minimum atomic E-state index is -0.0454. The standard InChI is InChI=1S/C25H29N5O2/c31-25(29-14-16-32-17-15-29)24-19-30(27-26-24)23-10-12-28(13-11-23)18-20-6-8-22(9-7-20)21-4-2-1-3-5-21/h1-9,19,23H,10-18H2. The fraction of sp³-hybridized carbons (Fsp3) is 0.400. The molecular formula is C25H29N5O2. The molecule has 2 fully saturated rings. The Morgan fingerprint density at radius 2 is 1.59 bits per heavy atom. The van der Waals surface area contributed by atoms with E-state index in [0.717, 1.165) is 32.5 Å². The minimum absolute atomic E-state index is 0.0454. The van der Waals surface area contributed by atoms with Gasteiger partial charge in [0.05, 0.1) is 25.5 Å². The van der Waals surface area contributed by atoms with Crippen molar-refractivity contribution in [1.82, 2.24) is 24.8 Å². The first kappa shape index (κ1) is 20.8. The molecule has 0 radical (unpaired) electrons. The highest BCUT2D eigenvalue weighted by atomic mass is 16.5. The number of hydrogen-bond acceptors (Lipinski definition) is 5. The largest absolute Gasteiger partial charge is 0.378 e. The molecular weight excluding hydrogens is 402 g/mol. The third-order valence-corrected chi connectivity index (χ3v) is 6.43. The van der Waals surface area contributed by atoms with Gasteiger partial charge >= 0.3 is 0 Å². The number of likely N-dealkylation sites (tertiary alicyclic amines) is 1. The van der Waals surface area contributed by atoms with E-state index < -0.39 is 0 Å². The van der Waals surface area contributed by atoms with E-state index in [1.165, 1.54) is 16.7 Å². The lowest BCUT2D eigenvalue weighted by Gasteiger charge is -2.31. The summed E-state index contributed by atoms with van der Waals surface area (Å²) in [6.45, 7) is 5.41. The van der Waals surface area contributed by atoms with Gasteiger partial charge in [-0.1, -0.05) is 59.8 Å². The Morgan fingerprint density at radius 3 is 2.31 bits per heavy atom. The molecule has 0 saturated carbocycles. The Morgan fingerprint density at radius 1 is 0.906 bits per heavy atom. The normalized spacial score (nSPS) is 18.1. The average Bonchev–Trinajstić information content (AvgIpc) is 3.36. The second-order valence-corrected chi connectivity index (χ2v) is 8.56. The van der Waals surface area contributed by atoms with Gasteiger partial charge in [0.15, 0.2) is 5.69 Å². The maximum atomic E-state index is 12.6. The van der Waals surface area contributed by atoms with Crippen LogP contribution in [0.2, 0.25) is 0 Å². The van der Waals surface area contributed by atoms with Crippen LogP contribution in [-0.4, -0.2) is 70.1 Å². The highest BCUT2D eigenvalue weighted by Crippen LogP contribution is 2.24. The van der Waals surface area contributed by atoms with Crippen molar-refractivity contribution in [2.24, 2.45) is 0 Å². The Labute approximate surface area is 188 Å². The first-order valence-electron chi connectivity index (χ1n) is 11.4. The Bertz CT molecular complexity index is 1020. The highest BCUT2D eigenvalue weighted by Gasteiger charge is 2.25. The van der Waals surface area contributed by atoms with Crippen LogP contribution in [0.5, 0.6) is 0 Å². The van der Waals surface area contributed by atoms with E-state index in [0.29, 0.717) is 38.0 Å². The lowest BCUT2D eigenvalue weighted by atomic mass is 10.0. The van der Waals surface area contributed by atoms with Crippen LogP contribution in [0, 0.1) is 0 Å². The quantitative estimate of drug-likeness (QED) is 0.621. The van der Waals surface area contributed by atoms with E-state index >= 15 is 0 Å². The maximum Gasteiger partial charge on any atom is 0.276 e. The fourth-order valence-corrected chi connectivity index (χ4v) is 4.52. The van der Waals surface area contributed by atoms with Gasteiger partial charge in [0.1, 0.15) is 0 Å². The fourth-order valence-electron chi connectivity index (χ4n) is 4.52. The molecule has 0 atom stereocenters. The van der Waals surface area contributed by atoms with Gasteiger partial charge in [-0.15, -0.1) is 5.10 Å². The Hall–Kier alpha value is -3.03. The van der Waals surface area contributed by atoms with Crippen LogP contribution in [-0.2, 0) is 11.3 Å². The number of rotatable bonds is 5. The van der Waals surface area contributed by atoms with Crippen molar-refractivity contribution in [3.63, 3.8) is 0 Å². The molecule has 3 aromatic rings. The third-order valence-electron chi connectivity index (χ3n) is 6.43. The van der Waals surface area contributed by atoms with Crippen molar-refractivity contribution >= 4 is 5.91 Å². The summed E-state index contributed by atoms with van der Waals surface area (Å²) in [7, 11) is 0. The molecule has 7 heteroatoms. The second kappa shape index (κ2) is 9.63. The van der Waals surface area contributed by atoms with Crippen LogP contribution in [0.3, 0.4) is 0 Å². The molecule has 2 aliphatic rings. The first-order chi connectivity index (χ1) is 15.8. The van der Waals surface area contributed by atoms with Gasteiger partial charge in [-0.2, -0.15) is 0 Å². The third kappa shape index (κ3) is 4.74. The number of amides is 1. The van der Waals surface area contributed by atoms with E-state index in [1.807, 2.05) is 16.9 Å². The summed E-state index contributed by atoms with van der Waals surface area (Å²) in [5.74, 6) is -0.0454. The predicted octanol–water partition coefficient (Wildman–Crippen LogP) is 3.25. The summed E-state index contributed by atoms with van der Waals surface area (Å²) >= 11 is 0. The van der Waals surface area contributed by atoms with Crippen molar-refractivity contribution in [1.29, 1.82) is 0 Å². The molecule has 32 heavy (non-hydrogen) atoms. The van der Waals surface area contributed by atoms with Gasteiger partial charge in [-0.05, 0) is 29.5 Å². The van der Waals surface area contributed by atoms with Gasteiger partial charge < -0.3 is 9.64 Å². The van der Waals surface area contributed by atoms with Gasteiger partial charge in [-0.25, -0.2) is 4.68 Å². The summed E-state index contributed by atoms with van der Waals surface area (Å²) < 4.78 is 7.21. The molecule has 3 heterocycles. The molecule has 166 valence electrons. The van der Waals surface area contributed by atoms with E-state index in [9.17, 15) is 4.79 Å². The molecule has 2 saturated heterocycles. The maximum absolute atomic E-state index is 12.6. The molecule has 0 aliphatic carbocycles. The lowest BCUT2D eigenvalue weighted by molar-refractivity contribution is 0.0299. The van der Waals surface area contributed by atoms with Crippen LogP contribution >= 0.6 is 0 Å². The predicted molar refractivity (Wildman–Crippen MR) is 122 cm³/mol. The summed E-state index contributed by atoms with van der Waals surface area (Å²) in [5.41, 5.74) is 4.27. The highest BCUT2D eigenvalue weighted by molar-refractivity contribution is 5.92. The number of carbonyl (C=O) groups is 1. The van der Waals surface area contributed by atoms with Crippen LogP contribution in [0.4, 0.5) is 0 Å². The zero-order valence-corrected chi connectivity index (χ0v) is 18.3. The van der Waals surface area contributed by atoms with Crippen molar-refractivity contribution < 1.29 is 9.53 Å². The topological polar surface area (TPSA) is 63.5 Å². The summed E-state index contributed by atoms with van der Waals surface area (Å²) in [6.07, 6.45) is 3.84. The van der Waals surface area contributed by atoms with Gasteiger partial charge in [-0.3, -0.25) is 9.69 Å². The van der Waals surface area contributed by atoms with Crippen LogP contribution in [0.1, 0.15) is 34.9 Å². The van der Waals surface area contributed by atoms with E-state index in [4.69, 9.17) is 4.74 Å². The van der Waals surface area contributed by atoms with Crippen molar-refractivity contribution in [3.05, 3.63) is 72.1 Å². The molecule has 0 unspecified atom stereocenters. The zero-order valence-electron chi connectivity index (χ0n) is 18.3. The van der Waals surface area contributed by atoms with E-state index in [2.05, 4.69) is 63.7 Å². The number of ether oxygens (including phenoxy) is 1. The average molecular weight is 432 g/mol. The Balaban J connectivity index is 1.14. The second-order valence-electron chi connectivity index (χ2n) is 8.56. The number of piperidine rings is 1.